The van der Waals surface area contributed by atoms with Crippen molar-refractivity contribution >= 4 is 34.6 Å². The van der Waals surface area contributed by atoms with Crippen molar-refractivity contribution in [3.05, 3.63) is 71.4 Å². The normalized spacial score (nSPS) is 10.5. The first-order chi connectivity index (χ1) is 10.6. The number of nitrogens with one attached hydrogen (secondary N) is 1. The number of benzene rings is 2. The lowest BCUT2D eigenvalue weighted by Crippen LogP contribution is -2.21. The van der Waals surface area contributed by atoms with Crippen LogP contribution in [0.5, 0.6) is 0 Å². The second-order valence-electron chi connectivity index (χ2n) is 4.89. The van der Waals surface area contributed by atoms with E-state index in [9.17, 15) is 0 Å². The molecule has 1 N–H and O–H groups in total. The van der Waals surface area contributed by atoms with Crippen molar-refractivity contribution in [3.8, 4) is 11.3 Å². The van der Waals surface area contributed by atoms with Gasteiger partial charge in [-0.05, 0) is 43.4 Å². The molecule has 1 aromatic heterocycles. The lowest BCUT2D eigenvalue weighted by atomic mass is 10.1. The lowest BCUT2D eigenvalue weighted by Gasteiger charge is -2.11. The molecule has 3 rings (SSSR count). The first kappa shape index (κ1) is 14.8. The molecule has 3 nitrogen and oxygen atoms in total. The summed E-state index contributed by atoms with van der Waals surface area (Å²) in [5, 5.41) is 8.82. The van der Waals surface area contributed by atoms with Crippen molar-refractivity contribution in [2.75, 3.05) is 5.32 Å². The summed E-state index contributed by atoms with van der Waals surface area (Å²) in [6, 6.07) is 19.5. The number of rotatable bonds is 2. The minimum atomic E-state index is 0.509. The standard InChI is InChI=1S/C17H14ClN3S/c1-12-10-16(13-6-3-2-4-7-13)21(20-12)17(22)19-15-9-5-8-14(18)11-15/h2-11H,1H3,(H,19,22). The van der Waals surface area contributed by atoms with Gasteiger partial charge in [-0.2, -0.15) is 5.10 Å². The second-order valence-corrected chi connectivity index (χ2v) is 5.71. The minimum Gasteiger partial charge on any atom is -0.331 e. The molecule has 0 fully saturated rings. The molecule has 0 atom stereocenters. The van der Waals surface area contributed by atoms with E-state index in [1.165, 1.54) is 0 Å². The highest BCUT2D eigenvalue weighted by atomic mass is 35.5. The van der Waals surface area contributed by atoms with Gasteiger partial charge in [-0.3, -0.25) is 0 Å². The van der Waals surface area contributed by atoms with Gasteiger partial charge in [-0.15, -0.1) is 0 Å². The Morgan fingerprint density at radius 3 is 2.59 bits per heavy atom. The number of hydrogen-bond donors (Lipinski definition) is 1. The van der Waals surface area contributed by atoms with Gasteiger partial charge in [0.2, 0.25) is 0 Å². The van der Waals surface area contributed by atoms with Crippen LogP contribution in [0.4, 0.5) is 5.69 Å². The summed E-state index contributed by atoms with van der Waals surface area (Å²) in [7, 11) is 0. The summed E-state index contributed by atoms with van der Waals surface area (Å²) in [5.41, 5.74) is 3.77. The molecule has 0 spiro atoms. The molecule has 0 bridgehead atoms. The SMILES string of the molecule is Cc1cc(-c2ccccc2)n(C(=S)Nc2cccc(Cl)c2)n1. The third-order valence-electron chi connectivity index (χ3n) is 3.17. The predicted molar refractivity (Wildman–Crippen MR) is 95.5 cm³/mol. The number of thiocarbonyl (C=S) groups is 1. The van der Waals surface area contributed by atoms with Crippen molar-refractivity contribution in [1.29, 1.82) is 0 Å². The van der Waals surface area contributed by atoms with E-state index in [0.717, 1.165) is 22.6 Å². The number of anilines is 1. The van der Waals surface area contributed by atoms with Gasteiger partial charge in [0.1, 0.15) is 0 Å². The minimum absolute atomic E-state index is 0.509. The van der Waals surface area contributed by atoms with E-state index in [4.69, 9.17) is 23.8 Å². The van der Waals surface area contributed by atoms with E-state index < -0.39 is 0 Å². The summed E-state index contributed by atoms with van der Waals surface area (Å²) >= 11 is 11.5. The maximum atomic E-state index is 6.00. The fraction of sp³-hybridized carbons (Fsp3) is 0.0588. The van der Waals surface area contributed by atoms with Crippen LogP contribution in [0.15, 0.2) is 60.7 Å². The number of nitrogens with zero attached hydrogens (tertiary/aromatic N) is 2. The Balaban J connectivity index is 1.93. The first-order valence-corrected chi connectivity index (χ1v) is 7.61. The Hall–Kier alpha value is -2.17. The highest BCUT2D eigenvalue weighted by Crippen LogP contribution is 2.21. The maximum absolute atomic E-state index is 6.00. The number of halogens is 1. The van der Waals surface area contributed by atoms with E-state index in [0.29, 0.717) is 10.1 Å². The fourth-order valence-corrected chi connectivity index (χ4v) is 2.66. The van der Waals surface area contributed by atoms with Gasteiger partial charge >= 0.3 is 0 Å². The van der Waals surface area contributed by atoms with Crippen LogP contribution in [-0.4, -0.2) is 14.9 Å². The largest absolute Gasteiger partial charge is 0.331 e. The Labute approximate surface area is 139 Å². The maximum Gasteiger partial charge on any atom is 0.199 e. The molecule has 3 aromatic rings. The van der Waals surface area contributed by atoms with Crippen molar-refractivity contribution in [2.24, 2.45) is 0 Å². The van der Waals surface area contributed by atoms with Gasteiger partial charge in [-0.1, -0.05) is 48.0 Å². The van der Waals surface area contributed by atoms with E-state index in [2.05, 4.69) is 10.4 Å². The van der Waals surface area contributed by atoms with Crippen LogP contribution >= 0.6 is 23.8 Å². The second kappa shape index (κ2) is 6.30. The average Bonchev–Trinajstić information content (AvgIpc) is 2.90. The monoisotopic (exact) mass is 327 g/mol. The average molecular weight is 328 g/mol. The van der Waals surface area contributed by atoms with Gasteiger partial charge < -0.3 is 5.32 Å². The summed E-state index contributed by atoms with van der Waals surface area (Å²) in [5.74, 6) is 0. The third-order valence-corrected chi connectivity index (χ3v) is 3.68. The van der Waals surface area contributed by atoms with Crippen molar-refractivity contribution in [2.45, 2.75) is 6.92 Å². The van der Waals surface area contributed by atoms with Crippen LogP contribution in [-0.2, 0) is 0 Å². The van der Waals surface area contributed by atoms with Gasteiger partial charge in [0.05, 0.1) is 11.4 Å². The van der Waals surface area contributed by atoms with Crippen molar-refractivity contribution < 1.29 is 0 Å². The Bertz CT molecular complexity index is 812. The molecular formula is C17H14ClN3S. The van der Waals surface area contributed by atoms with E-state index in [-0.39, 0.29) is 0 Å². The van der Waals surface area contributed by atoms with Crippen LogP contribution in [0, 0.1) is 6.92 Å². The molecule has 2 aromatic carbocycles. The zero-order valence-electron chi connectivity index (χ0n) is 12.0. The fourth-order valence-electron chi connectivity index (χ4n) is 2.21. The number of aryl methyl sites for hydroxylation is 1. The molecule has 0 saturated carbocycles. The molecule has 0 aliphatic heterocycles. The molecule has 0 aliphatic carbocycles. The van der Waals surface area contributed by atoms with Crippen LogP contribution in [0.2, 0.25) is 5.02 Å². The Morgan fingerprint density at radius 2 is 1.86 bits per heavy atom. The molecule has 5 heteroatoms. The van der Waals surface area contributed by atoms with E-state index in [1.807, 2.05) is 67.6 Å². The zero-order valence-corrected chi connectivity index (χ0v) is 13.5. The molecule has 1 heterocycles. The van der Waals surface area contributed by atoms with Gasteiger partial charge in [-0.25, -0.2) is 4.68 Å². The predicted octanol–water partition coefficient (Wildman–Crippen LogP) is 4.76. The summed E-state index contributed by atoms with van der Waals surface area (Å²) in [6.07, 6.45) is 0. The quantitative estimate of drug-likeness (QED) is 0.688. The smallest absolute Gasteiger partial charge is 0.199 e. The molecule has 0 radical (unpaired) electrons. The third kappa shape index (κ3) is 3.18. The summed E-state index contributed by atoms with van der Waals surface area (Å²) in [4.78, 5) is 0. The topological polar surface area (TPSA) is 29.9 Å². The van der Waals surface area contributed by atoms with Crippen LogP contribution in [0.1, 0.15) is 5.69 Å². The highest BCUT2D eigenvalue weighted by molar-refractivity contribution is 7.80. The van der Waals surface area contributed by atoms with Gasteiger partial charge in [0.15, 0.2) is 5.11 Å². The number of hydrogen-bond acceptors (Lipinski definition) is 2. The molecule has 22 heavy (non-hydrogen) atoms. The molecular weight excluding hydrogens is 314 g/mol. The Kier molecular flexibility index (Phi) is 4.22. The zero-order chi connectivity index (χ0) is 15.5. The van der Waals surface area contributed by atoms with Crippen LogP contribution in [0.25, 0.3) is 11.3 Å². The Morgan fingerprint density at radius 1 is 1.09 bits per heavy atom. The van der Waals surface area contributed by atoms with Crippen molar-refractivity contribution in [3.63, 3.8) is 0 Å². The summed E-state index contributed by atoms with van der Waals surface area (Å²) < 4.78 is 1.74. The van der Waals surface area contributed by atoms with E-state index in [1.54, 1.807) is 4.68 Å². The van der Waals surface area contributed by atoms with Crippen molar-refractivity contribution in [1.82, 2.24) is 9.78 Å². The molecule has 0 amide bonds. The van der Waals surface area contributed by atoms with Crippen LogP contribution in [0.3, 0.4) is 0 Å². The van der Waals surface area contributed by atoms with Crippen LogP contribution < -0.4 is 5.32 Å². The van der Waals surface area contributed by atoms with Gasteiger partial charge in [0, 0.05) is 16.3 Å². The van der Waals surface area contributed by atoms with E-state index >= 15 is 0 Å². The lowest BCUT2D eigenvalue weighted by molar-refractivity contribution is 0.929. The molecule has 0 unspecified atom stereocenters. The molecule has 0 aliphatic rings. The first-order valence-electron chi connectivity index (χ1n) is 6.82. The van der Waals surface area contributed by atoms with Gasteiger partial charge in [0.25, 0.3) is 0 Å². The summed E-state index contributed by atoms with van der Waals surface area (Å²) in [6.45, 7) is 1.95. The number of aromatic nitrogens is 2. The molecule has 0 saturated heterocycles. The molecule has 110 valence electrons. The highest BCUT2D eigenvalue weighted by Gasteiger charge is 2.11.